The number of amides is 1. The maximum Gasteiger partial charge on any atom is 0.255 e. The summed E-state index contributed by atoms with van der Waals surface area (Å²) >= 11 is 0. The zero-order valence-electron chi connectivity index (χ0n) is 15.8. The summed E-state index contributed by atoms with van der Waals surface area (Å²) in [4.78, 5) is 25.3. The van der Waals surface area contributed by atoms with Crippen LogP contribution in [0.2, 0.25) is 0 Å². The van der Waals surface area contributed by atoms with Crippen LogP contribution in [0.5, 0.6) is 0 Å². The molecule has 0 saturated heterocycles. The van der Waals surface area contributed by atoms with Gasteiger partial charge in [0.15, 0.2) is 0 Å². The Morgan fingerprint density at radius 1 is 0.862 bits per heavy atom. The Balaban J connectivity index is 1.49. The third-order valence-electron chi connectivity index (χ3n) is 4.32. The smallest absolute Gasteiger partial charge is 0.255 e. The van der Waals surface area contributed by atoms with Crippen LogP contribution in [0.4, 0.5) is 17.3 Å². The molecule has 2 aromatic carbocycles. The highest BCUT2D eigenvalue weighted by Gasteiger charge is 2.07. The first-order valence-corrected chi connectivity index (χ1v) is 9.16. The van der Waals surface area contributed by atoms with Crippen LogP contribution in [0.25, 0.3) is 11.3 Å². The predicted octanol–water partition coefficient (Wildman–Crippen LogP) is 4.84. The first-order chi connectivity index (χ1) is 14.2. The molecule has 0 fully saturated rings. The molecule has 6 nitrogen and oxygen atoms in total. The number of hydrogen-bond acceptors (Lipinski definition) is 5. The van der Waals surface area contributed by atoms with Crippen molar-refractivity contribution in [2.45, 2.75) is 6.92 Å². The number of anilines is 3. The molecule has 4 aromatic rings. The Morgan fingerprint density at radius 3 is 2.41 bits per heavy atom. The topological polar surface area (TPSA) is 79.8 Å². The molecule has 0 unspecified atom stereocenters. The van der Waals surface area contributed by atoms with Crippen molar-refractivity contribution in [2.75, 3.05) is 10.6 Å². The Labute approximate surface area is 168 Å². The molecule has 2 heterocycles. The lowest BCUT2D eigenvalue weighted by Gasteiger charge is -2.10. The number of pyridine rings is 1. The number of carbonyl (C=O) groups is 1. The maximum atomic E-state index is 12.4. The van der Waals surface area contributed by atoms with E-state index in [1.54, 1.807) is 18.6 Å². The van der Waals surface area contributed by atoms with Crippen molar-refractivity contribution >= 4 is 23.2 Å². The molecule has 0 saturated carbocycles. The third-order valence-corrected chi connectivity index (χ3v) is 4.32. The second-order valence-corrected chi connectivity index (χ2v) is 6.53. The second-order valence-electron chi connectivity index (χ2n) is 6.53. The zero-order chi connectivity index (χ0) is 20.1. The molecule has 0 spiro atoms. The summed E-state index contributed by atoms with van der Waals surface area (Å²) in [6, 6.07) is 20.5. The number of nitrogens with zero attached hydrogens (tertiary/aromatic N) is 3. The van der Waals surface area contributed by atoms with Gasteiger partial charge in [-0.1, -0.05) is 23.8 Å². The molecule has 0 bridgehead atoms. The van der Waals surface area contributed by atoms with E-state index in [2.05, 4.69) is 25.6 Å². The summed E-state index contributed by atoms with van der Waals surface area (Å²) < 4.78 is 0. The summed E-state index contributed by atoms with van der Waals surface area (Å²) in [5.74, 6) is 0.319. The van der Waals surface area contributed by atoms with Crippen molar-refractivity contribution < 1.29 is 4.79 Å². The van der Waals surface area contributed by atoms with Crippen molar-refractivity contribution in [1.82, 2.24) is 15.0 Å². The molecule has 4 rings (SSSR count). The minimum absolute atomic E-state index is 0.155. The Kier molecular flexibility index (Phi) is 5.25. The standard InChI is InChI=1S/C23H19N5O/c1-16-5-7-18(8-6-16)22(29)26-19-3-2-4-20(15-19)27-23-25-14-11-21(28-23)17-9-12-24-13-10-17/h2-15H,1H3,(H,26,29)(H,25,27,28). The Hall–Kier alpha value is -4.06. The van der Waals surface area contributed by atoms with Crippen LogP contribution in [0.3, 0.4) is 0 Å². The largest absolute Gasteiger partial charge is 0.324 e. The quantitative estimate of drug-likeness (QED) is 0.517. The molecule has 142 valence electrons. The van der Waals surface area contributed by atoms with Crippen LogP contribution in [0, 0.1) is 6.92 Å². The fourth-order valence-electron chi connectivity index (χ4n) is 2.81. The molecule has 2 aromatic heterocycles. The van der Waals surface area contributed by atoms with Crippen molar-refractivity contribution in [3.05, 3.63) is 96.4 Å². The summed E-state index contributed by atoms with van der Waals surface area (Å²) in [5, 5.41) is 6.10. The molecule has 0 atom stereocenters. The fourth-order valence-corrected chi connectivity index (χ4v) is 2.81. The van der Waals surface area contributed by atoms with Gasteiger partial charge in [0.1, 0.15) is 0 Å². The van der Waals surface area contributed by atoms with E-state index in [0.29, 0.717) is 17.2 Å². The van der Waals surface area contributed by atoms with E-state index < -0.39 is 0 Å². The average molecular weight is 381 g/mol. The lowest BCUT2D eigenvalue weighted by molar-refractivity contribution is 0.102. The van der Waals surface area contributed by atoms with Gasteiger partial charge in [-0.15, -0.1) is 0 Å². The molecule has 1 amide bonds. The summed E-state index contributed by atoms with van der Waals surface area (Å²) in [6.45, 7) is 1.99. The normalized spacial score (nSPS) is 10.4. The summed E-state index contributed by atoms with van der Waals surface area (Å²) in [7, 11) is 0. The molecule has 6 heteroatoms. The maximum absolute atomic E-state index is 12.4. The fraction of sp³-hybridized carbons (Fsp3) is 0.0435. The first kappa shape index (κ1) is 18.3. The van der Waals surface area contributed by atoms with E-state index in [4.69, 9.17) is 0 Å². The minimum atomic E-state index is -0.155. The number of nitrogens with one attached hydrogen (secondary N) is 2. The van der Waals surface area contributed by atoms with E-state index in [9.17, 15) is 4.79 Å². The van der Waals surface area contributed by atoms with E-state index in [-0.39, 0.29) is 5.91 Å². The Morgan fingerprint density at radius 2 is 1.62 bits per heavy atom. The highest BCUT2D eigenvalue weighted by Crippen LogP contribution is 2.21. The molecule has 29 heavy (non-hydrogen) atoms. The lowest BCUT2D eigenvalue weighted by Crippen LogP contribution is -2.11. The lowest BCUT2D eigenvalue weighted by atomic mass is 10.1. The first-order valence-electron chi connectivity index (χ1n) is 9.16. The van der Waals surface area contributed by atoms with Gasteiger partial charge < -0.3 is 10.6 Å². The van der Waals surface area contributed by atoms with Gasteiger partial charge in [0.25, 0.3) is 5.91 Å². The summed E-state index contributed by atoms with van der Waals surface area (Å²) in [6.07, 6.45) is 5.16. The Bertz CT molecular complexity index is 1130. The minimum Gasteiger partial charge on any atom is -0.324 e. The van der Waals surface area contributed by atoms with Gasteiger partial charge in [0.05, 0.1) is 5.69 Å². The SMILES string of the molecule is Cc1ccc(C(=O)Nc2cccc(Nc3nccc(-c4ccncc4)n3)c2)cc1. The van der Waals surface area contributed by atoms with Crippen molar-refractivity contribution in [3.63, 3.8) is 0 Å². The number of aromatic nitrogens is 3. The van der Waals surface area contributed by atoms with Gasteiger partial charge in [-0.25, -0.2) is 9.97 Å². The van der Waals surface area contributed by atoms with Crippen LogP contribution in [0.1, 0.15) is 15.9 Å². The summed E-state index contributed by atoms with van der Waals surface area (Å²) in [5.41, 5.74) is 4.95. The van der Waals surface area contributed by atoms with Gasteiger partial charge in [0.2, 0.25) is 5.95 Å². The average Bonchev–Trinajstić information content (AvgIpc) is 2.75. The molecule has 0 aliphatic rings. The van der Waals surface area contributed by atoms with Crippen molar-refractivity contribution in [3.8, 4) is 11.3 Å². The van der Waals surface area contributed by atoms with Crippen LogP contribution >= 0.6 is 0 Å². The van der Waals surface area contributed by atoms with Crippen molar-refractivity contribution in [1.29, 1.82) is 0 Å². The highest BCUT2D eigenvalue weighted by atomic mass is 16.1. The van der Waals surface area contributed by atoms with Gasteiger partial charge in [-0.05, 0) is 55.5 Å². The number of hydrogen-bond donors (Lipinski definition) is 2. The molecular formula is C23H19N5O. The second kappa shape index (κ2) is 8.31. The van der Waals surface area contributed by atoms with Crippen LogP contribution in [-0.2, 0) is 0 Å². The van der Waals surface area contributed by atoms with Crippen LogP contribution in [-0.4, -0.2) is 20.9 Å². The van der Waals surface area contributed by atoms with Crippen LogP contribution < -0.4 is 10.6 Å². The number of aryl methyl sites for hydroxylation is 1. The van der Waals surface area contributed by atoms with Gasteiger partial charge in [-0.2, -0.15) is 0 Å². The monoisotopic (exact) mass is 381 g/mol. The highest BCUT2D eigenvalue weighted by molar-refractivity contribution is 6.04. The van der Waals surface area contributed by atoms with Gasteiger partial charge in [0, 0.05) is 41.1 Å². The van der Waals surface area contributed by atoms with E-state index in [0.717, 1.165) is 22.5 Å². The van der Waals surface area contributed by atoms with Gasteiger partial charge in [-0.3, -0.25) is 9.78 Å². The van der Waals surface area contributed by atoms with E-state index in [1.807, 2.05) is 73.7 Å². The van der Waals surface area contributed by atoms with Crippen LogP contribution in [0.15, 0.2) is 85.3 Å². The predicted molar refractivity (Wildman–Crippen MR) is 114 cm³/mol. The molecule has 0 aliphatic heterocycles. The van der Waals surface area contributed by atoms with E-state index >= 15 is 0 Å². The zero-order valence-corrected chi connectivity index (χ0v) is 15.8. The number of benzene rings is 2. The molecule has 0 radical (unpaired) electrons. The molecule has 2 N–H and O–H groups in total. The molecular weight excluding hydrogens is 362 g/mol. The van der Waals surface area contributed by atoms with E-state index in [1.165, 1.54) is 0 Å². The van der Waals surface area contributed by atoms with Gasteiger partial charge >= 0.3 is 0 Å². The van der Waals surface area contributed by atoms with Crippen molar-refractivity contribution in [2.24, 2.45) is 0 Å². The third kappa shape index (κ3) is 4.62. The number of carbonyl (C=O) groups excluding carboxylic acids is 1. The molecule has 0 aliphatic carbocycles. The number of rotatable bonds is 5.